The van der Waals surface area contributed by atoms with Gasteiger partial charge in [-0.15, -0.1) is 0 Å². The number of hydrogen-bond donors (Lipinski definition) is 0. The number of nitrogens with zero attached hydrogens (tertiary/aromatic N) is 2. The molecule has 1 heterocycles. The molecular formula is C21H18N2O5S. The van der Waals surface area contributed by atoms with Crippen LogP contribution in [0.3, 0.4) is 0 Å². The summed E-state index contributed by atoms with van der Waals surface area (Å²) in [4.78, 5) is 42.3. The summed E-state index contributed by atoms with van der Waals surface area (Å²) < 4.78 is 9.32. The Morgan fingerprint density at radius 3 is 2.34 bits per heavy atom. The quantitative estimate of drug-likeness (QED) is 0.555. The van der Waals surface area contributed by atoms with Crippen LogP contribution in [-0.2, 0) is 25.6 Å². The van der Waals surface area contributed by atoms with Crippen LogP contribution in [-0.4, -0.2) is 42.1 Å². The van der Waals surface area contributed by atoms with E-state index in [2.05, 4.69) is 14.5 Å². The van der Waals surface area contributed by atoms with Gasteiger partial charge in [0.1, 0.15) is 0 Å². The Hall–Kier alpha value is -3.39. The van der Waals surface area contributed by atoms with Gasteiger partial charge in [-0.1, -0.05) is 30.3 Å². The van der Waals surface area contributed by atoms with Gasteiger partial charge >= 0.3 is 11.9 Å². The summed E-state index contributed by atoms with van der Waals surface area (Å²) in [6.45, 7) is 0.310. The summed E-state index contributed by atoms with van der Waals surface area (Å²) in [5, 5.41) is 0.430. The molecule has 1 aliphatic heterocycles. The molecular weight excluding hydrogens is 392 g/mol. The minimum Gasteiger partial charge on any atom is -0.466 e. The average Bonchev–Trinajstić information content (AvgIpc) is 3.03. The first-order valence-electron chi connectivity index (χ1n) is 8.62. The van der Waals surface area contributed by atoms with Gasteiger partial charge in [0.2, 0.25) is 0 Å². The maximum absolute atomic E-state index is 12.8. The van der Waals surface area contributed by atoms with Crippen molar-refractivity contribution in [1.82, 2.24) is 4.90 Å². The molecule has 3 rings (SSSR count). The zero-order chi connectivity index (χ0) is 20.8. The van der Waals surface area contributed by atoms with Crippen molar-refractivity contribution in [2.75, 3.05) is 14.2 Å². The Bertz CT molecular complexity index is 984. The van der Waals surface area contributed by atoms with Gasteiger partial charge in [0.15, 0.2) is 5.17 Å². The number of benzene rings is 2. The number of carbonyl (C=O) groups is 3. The van der Waals surface area contributed by atoms with Crippen molar-refractivity contribution in [3.63, 3.8) is 0 Å². The molecule has 1 saturated heterocycles. The predicted molar refractivity (Wildman–Crippen MR) is 110 cm³/mol. The van der Waals surface area contributed by atoms with E-state index >= 15 is 0 Å². The molecule has 8 heteroatoms. The van der Waals surface area contributed by atoms with Crippen molar-refractivity contribution >= 4 is 40.5 Å². The van der Waals surface area contributed by atoms with E-state index in [0.717, 1.165) is 23.4 Å². The number of amides is 1. The number of esters is 2. The Morgan fingerprint density at radius 1 is 1.03 bits per heavy atom. The maximum atomic E-state index is 12.8. The van der Waals surface area contributed by atoms with Crippen LogP contribution in [0, 0.1) is 0 Å². The van der Waals surface area contributed by atoms with E-state index in [-0.39, 0.29) is 10.8 Å². The van der Waals surface area contributed by atoms with E-state index in [0.29, 0.717) is 23.0 Å². The molecule has 7 nitrogen and oxygen atoms in total. The largest absolute Gasteiger partial charge is 0.466 e. The van der Waals surface area contributed by atoms with Crippen LogP contribution < -0.4 is 0 Å². The summed E-state index contributed by atoms with van der Waals surface area (Å²) in [6, 6.07) is 16.0. The molecule has 148 valence electrons. The van der Waals surface area contributed by atoms with Crippen LogP contribution in [0.15, 0.2) is 70.6 Å². The highest BCUT2D eigenvalue weighted by Gasteiger charge is 2.34. The number of aliphatic imine (C=N–C) groups is 1. The molecule has 0 radical (unpaired) electrons. The lowest BCUT2D eigenvalue weighted by atomic mass is 10.2. The lowest BCUT2D eigenvalue weighted by Crippen LogP contribution is -2.28. The number of thioether (sulfide) groups is 1. The molecule has 29 heavy (non-hydrogen) atoms. The third kappa shape index (κ3) is 4.91. The van der Waals surface area contributed by atoms with Crippen molar-refractivity contribution in [2.45, 2.75) is 6.54 Å². The van der Waals surface area contributed by atoms with Gasteiger partial charge in [-0.25, -0.2) is 14.6 Å². The van der Waals surface area contributed by atoms with Gasteiger partial charge in [0.25, 0.3) is 5.91 Å². The average molecular weight is 410 g/mol. The SMILES string of the molecule is COC(=O)/C=C1/SC(=Nc2ccc(C(=O)OC)cc2)N(Cc2ccccc2)C1=O. The Labute approximate surface area is 172 Å². The van der Waals surface area contributed by atoms with Gasteiger partial charge in [0.05, 0.1) is 36.9 Å². The zero-order valence-electron chi connectivity index (χ0n) is 15.8. The van der Waals surface area contributed by atoms with Gasteiger partial charge in [0, 0.05) is 6.08 Å². The summed E-state index contributed by atoms with van der Waals surface area (Å²) >= 11 is 1.09. The predicted octanol–water partition coefficient (Wildman–Crippen LogP) is 3.29. The second-order valence-electron chi connectivity index (χ2n) is 5.94. The molecule has 2 aromatic carbocycles. The fraction of sp³-hybridized carbons (Fsp3) is 0.143. The van der Waals surface area contributed by atoms with E-state index in [9.17, 15) is 14.4 Å². The summed E-state index contributed by atoms with van der Waals surface area (Å²) in [5.41, 5.74) is 1.89. The van der Waals surface area contributed by atoms with E-state index < -0.39 is 11.9 Å². The molecule has 0 N–H and O–H groups in total. The van der Waals surface area contributed by atoms with Gasteiger partial charge in [-0.2, -0.15) is 0 Å². The molecule has 0 spiro atoms. The summed E-state index contributed by atoms with van der Waals surface area (Å²) in [6.07, 6.45) is 1.16. The highest BCUT2D eigenvalue weighted by atomic mass is 32.2. The molecule has 1 amide bonds. The van der Waals surface area contributed by atoms with Crippen LogP contribution in [0.2, 0.25) is 0 Å². The van der Waals surface area contributed by atoms with Crippen molar-refractivity contribution in [2.24, 2.45) is 4.99 Å². The number of methoxy groups -OCH3 is 2. The fourth-order valence-corrected chi connectivity index (χ4v) is 3.52. The lowest BCUT2D eigenvalue weighted by Gasteiger charge is -2.15. The van der Waals surface area contributed by atoms with Crippen molar-refractivity contribution in [1.29, 1.82) is 0 Å². The molecule has 1 aliphatic rings. The van der Waals surface area contributed by atoms with Crippen molar-refractivity contribution in [3.8, 4) is 0 Å². The van der Waals surface area contributed by atoms with E-state index in [1.165, 1.54) is 19.1 Å². The first-order chi connectivity index (χ1) is 14.0. The standard InChI is InChI=1S/C21H18N2O5S/c1-27-18(24)12-17-19(25)23(13-14-6-4-3-5-7-14)21(29-17)22-16-10-8-15(9-11-16)20(26)28-2/h3-12H,13H2,1-2H3/b17-12+,22-21?. The number of rotatable bonds is 5. The molecule has 1 fully saturated rings. The Kier molecular flexibility index (Phi) is 6.46. The van der Waals surface area contributed by atoms with Crippen molar-refractivity contribution in [3.05, 3.63) is 76.7 Å². The van der Waals surface area contributed by atoms with Crippen LogP contribution in [0.4, 0.5) is 5.69 Å². The molecule has 0 aromatic heterocycles. The van der Waals surface area contributed by atoms with Crippen LogP contribution in [0.25, 0.3) is 0 Å². The van der Waals surface area contributed by atoms with Crippen LogP contribution >= 0.6 is 11.8 Å². The van der Waals surface area contributed by atoms with E-state index in [1.54, 1.807) is 24.3 Å². The molecule has 0 bridgehead atoms. The Morgan fingerprint density at radius 2 is 1.72 bits per heavy atom. The second-order valence-corrected chi connectivity index (χ2v) is 6.95. The smallest absolute Gasteiger partial charge is 0.337 e. The van der Waals surface area contributed by atoms with Crippen LogP contribution in [0.1, 0.15) is 15.9 Å². The van der Waals surface area contributed by atoms with E-state index in [4.69, 9.17) is 0 Å². The van der Waals surface area contributed by atoms with Crippen molar-refractivity contribution < 1.29 is 23.9 Å². The van der Waals surface area contributed by atoms with Gasteiger partial charge in [-0.3, -0.25) is 9.69 Å². The molecule has 2 aromatic rings. The highest BCUT2D eigenvalue weighted by Crippen LogP contribution is 2.34. The Balaban J connectivity index is 1.93. The maximum Gasteiger partial charge on any atom is 0.337 e. The van der Waals surface area contributed by atoms with E-state index in [1.807, 2.05) is 30.3 Å². The molecule has 0 unspecified atom stereocenters. The number of ether oxygens (including phenoxy) is 2. The first-order valence-corrected chi connectivity index (χ1v) is 9.44. The minimum atomic E-state index is -0.607. The second kappa shape index (κ2) is 9.20. The number of carbonyl (C=O) groups excluding carboxylic acids is 3. The minimum absolute atomic E-state index is 0.234. The lowest BCUT2D eigenvalue weighted by molar-refractivity contribution is -0.135. The third-order valence-corrected chi connectivity index (χ3v) is 5.04. The summed E-state index contributed by atoms with van der Waals surface area (Å²) in [5.74, 6) is -1.37. The number of amidine groups is 1. The topological polar surface area (TPSA) is 85.3 Å². The first kappa shape index (κ1) is 20.3. The van der Waals surface area contributed by atoms with Gasteiger partial charge in [-0.05, 0) is 41.6 Å². The molecule has 0 aliphatic carbocycles. The molecule has 0 saturated carbocycles. The third-order valence-electron chi connectivity index (χ3n) is 4.03. The highest BCUT2D eigenvalue weighted by molar-refractivity contribution is 8.18. The normalized spacial score (nSPS) is 16.3. The van der Waals surface area contributed by atoms with Gasteiger partial charge < -0.3 is 9.47 Å². The summed E-state index contributed by atoms with van der Waals surface area (Å²) in [7, 11) is 2.57. The van der Waals surface area contributed by atoms with Crippen LogP contribution in [0.5, 0.6) is 0 Å². The fourth-order valence-electron chi connectivity index (χ4n) is 2.56. The monoisotopic (exact) mass is 410 g/mol. The molecule has 0 atom stereocenters. The number of hydrogen-bond acceptors (Lipinski definition) is 7. The zero-order valence-corrected chi connectivity index (χ0v) is 16.6.